The van der Waals surface area contributed by atoms with Crippen molar-refractivity contribution in [2.75, 3.05) is 12.5 Å². The molecule has 0 spiro atoms. The largest absolute Gasteiger partial charge is 0.493 e. The molecule has 0 amide bonds. The number of aryl methyl sites for hydroxylation is 1. The number of nitrogens with zero attached hydrogens (tertiary/aromatic N) is 2. The van der Waals surface area contributed by atoms with E-state index in [4.69, 9.17) is 16.3 Å². The van der Waals surface area contributed by atoms with Crippen LogP contribution in [0.15, 0.2) is 18.2 Å². The van der Waals surface area contributed by atoms with E-state index in [0.717, 1.165) is 40.8 Å². The Balaban J connectivity index is 1.92. The maximum atomic E-state index is 5.69. The summed E-state index contributed by atoms with van der Waals surface area (Å²) in [5.41, 5.74) is 2.38. The first-order valence-corrected chi connectivity index (χ1v) is 6.86. The van der Waals surface area contributed by atoms with Gasteiger partial charge in [0.2, 0.25) is 0 Å². The molecule has 3 nitrogen and oxygen atoms in total. The van der Waals surface area contributed by atoms with Crippen molar-refractivity contribution in [1.82, 2.24) is 10.2 Å². The fraction of sp³-hybridized carbons (Fsp3) is 0.333. The topological polar surface area (TPSA) is 35.0 Å². The molecule has 1 aromatic carbocycles. The molecule has 5 heteroatoms. The highest BCUT2D eigenvalue weighted by atomic mass is 35.5. The molecule has 0 aliphatic carbocycles. The Labute approximate surface area is 108 Å². The molecular weight excluding hydrogens is 256 g/mol. The Morgan fingerprint density at radius 3 is 3.18 bits per heavy atom. The zero-order valence-corrected chi connectivity index (χ0v) is 10.7. The van der Waals surface area contributed by atoms with Gasteiger partial charge in [0.1, 0.15) is 15.8 Å². The first-order valence-electron chi connectivity index (χ1n) is 5.51. The van der Waals surface area contributed by atoms with E-state index < -0.39 is 0 Å². The highest BCUT2D eigenvalue weighted by molar-refractivity contribution is 7.14. The lowest BCUT2D eigenvalue weighted by atomic mass is 10.1. The molecule has 0 saturated heterocycles. The molecule has 0 unspecified atom stereocenters. The Morgan fingerprint density at radius 1 is 1.35 bits per heavy atom. The van der Waals surface area contributed by atoms with Gasteiger partial charge in [0, 0.05) is 24.3 Å². The third-order valence-corrected chi connectivity index (χ3v) is 3.93. The monoisotopic (exact) mass is 266 g/mol. The minimum atomic E-state index is 0.590. The summed E-state index contributed by atoms with van der Waals surface area (Å²) in [4.78, 5) is 0. The zero-order valence-electron chi connectivity index (χ0n) is 9.15. The quantitative estimate of drug-likeness (QED) is 0.802. The summed E-state index contributed by atoms with van der Waals surface area (Å²) in [5.74, 6) is 1.59. The van der Waals surface area contributed by atoms with Crippen LogP contribution in [-0.4, -0.2) is 22.7 Å². The summed E-state index contributed by atoms with van der Waals surface area (Å²) >= 11 is 7.30. The van der Waals surface area contributed by atoms with Crippen molar-refractivity contribution in [2.24, 2.45) is 0 Å². The molecule has 0 N–H and O–H groups in total. The number of fused-ring (bicyclic) bond motifs is 1. The second-order valence-electron chi connectivity index (χ2n) is 3.86. The van der Waals surface area contributed by atoms with Crippen molar-refractivity contribution in [3.8, 4) is 16.3 Å². The predicted octanol–water partition coefficient (Wildman–Crippen LogP) is 2.92. The molecule has 1 aliphatic rings. The van der Waals surface area contributed by atoms with E-state index in [2.05, 4.69) is 16.3 Å². The van der Waals surface area contributed by atoms with Gasteiger partial charge in [-0.1, -0.05) is 11.3 Å². The zero-order chi connectivity index (χ0) is 11.7. The number of benzene rings is 1. The summed E-state index contributed by atoms with van der Waals surface area (Å²) in [6.07, 6.45) is 1.77. The molecule has 0 atom stereocenters. The summed E-state index contributed by atoms with van der Waals surface area (Å²) < 4.78 is 5.48. The molecule has 0 bridgehead atoms. The van der Waals surface area contributed by atoms with Crippen LogP contribution in [0.5, 0.6) is 5.75 Å². The molecular formula is C12H11ClN2OS. The molecule has 0 radical (unpaired) electrons. The maximum Gasteiger partial charge on any atom is 0.147 e. The average molecular weight is 267 g/mol. The van der Waals surface area contributed by atoms with Gasteiger partial charge < -0.3 is 4.74 Å². The van der Waals surface area contributed by atoms with E-state index in [1.54, 1.807) is 11.3 Å². The number of alkyl halides is 1. The lowest BCUT2D eigenvalue weighted by Crippen LogP contribution is -1.85. The Bertz CT molecular complexity index is 541. The van der Waals surface area contributed by atoms with Gasteiger partial charge in [0.25, 0.3) is 0 Å². The van der Waals surface area contributed by atoms with Crippen LogP contribution in [0.2, 0.25) is 0 Å². The lowest BCUT2D eigenvalue weighted by Gasteiger charge is -2.00. The third kappa shape index (κ3) is 2.15. The minimum absolute atomic E-state index is 0.590. The van der Waals surface area contributed by atoms with Crippen LogP contribution in [0.4, 0.5) is 0 Å². The minimum Gasteiger partial charge on any atom is -0.493 e. The molecule has 0 fully saturated rings. The lowest BCUT2D eigenvalue weighted by molar-refractivity contribution is 0.357. The first-order chi connectivity index (χ1) is 8.36. The van der Waals surface area contributed by atoms with Crippen LogP contribution >= 0.6 is 22.9 Å². The standard InChI is InChI=1S/C12H11ClN2OS/c13-5-3-11-14-15-12(17-11)9-1-2-10-8(7-9)4-6-16-10/h1-2,7H,3-6H2. The molecule has 2 aromatic rings. The number of halogens is 1. The van der Waals surface area contributed by atoms with Gasteiger partial charge >= 0.3 is 0 Å². The van der Waals surface area contributed by atoms with Gasteiger partial charge in [0.05, 0.1) is 6.61 Å². The summed E-state index contributed by atoms with van der Waals surface area (Å²) in [6, 6.07) is 6.20. The molecule has 3 rings (SSSR count). The predicted molar refractivity (Wildman–Crippen MR) is 69.0 cm³/mol. The second kappa shape index (κ2) is 4.63. The van der Waals surface area contributed by atoms with Gasteiger partial charge in [-0.2, -0.15) is 0 Å². The second-order valence-corrected chi connectivity index (χ2v) is 5.30. The highest BCUT2D eigenvalue weighted by Crippen LogP contribution is 2.31. The number of hydrogen-bond donors (Lipinski definition) is 0. The SMILES string of the molecule is ClCCc1nnc(-c2ccc3c(c2)CCO3)s1. The van der Waals surface area contributed by atoms with Crippen molar-refractivity contribution in [1.29, 1.82) is 0 Å². The Morgan fingerprint density at radius 2 is 2.29 bits per heavy atom. The maximum absolute atomic E-state index is 5.69. The van der Waals surface area contributed by atoms with Crippen molar-refractivity contribution in [2.45, 2.75) is 12.8 Å². The van der Waals surface area contributed by atoms with E-state index >= 15 is 0 Å². The van der Waals surface area contributed by atoms with Crippen LogP contribution < -0.4 is 4.74 Å². The summed E-state index contributed by atoms with van der Waals surface area (Å²) in [7, 11) is 0. The van der Waals surface area contributed by atoms with Gasteiger partial charge in [-0.15, -0.1) is 21.8 Å². The Kier molecular flexibility index (Phi) is 2.99. The van der Waals surface area contributed by atoms with E-state index in [1.807, 2.05) is 12.1 Å². The summed E-state index contributed by atoms with van der Waals surface area (Å²) in [6.45, 7) is 0.784. The highest BCUT2D eigenvalue weighted by Gasteiger charge is 2.14. The molecule has 0 saturated carbocycles. The first kappa shape index (κ1) is 11.0. The van der Waals surface area contributed by atoms with Gasteiger partial charge in [-0.3, -0.25) is 0 Å². The smallest absolute Gasteiger partial charge is 0.147 e. The number of ether oxygens (including phenoxy) is 1. The molecule has 1 aromatic heterocycles. The number of aromatic nitrogens is 2. The average Bonchev–Trinajstić information content (AvgIpc) is 2.96. The van der Waals surface area contributed by atoms with E-state index in [1.165, 1.54) is 5.56 Å². The van der Waals surface area contributed by atoms with Crippen LogP contribution in [0.3, 0.4) is 0 Å². The van der Waals surface area contributed by atoms with Gasteiger partial charge in [-0.05, 0) is 23.8 Å². The fourth-order valence-corrected chi connectivity index (χ4v) is 3.00. The van der Waals surface area contributed by atoms with Crippen molar-refractivity contribution < 1.29 is 4.74 Å². The normalized spacial score (nSPS) is 13.5. The molecule has 88 valence electrons. The Hall–Kier alpha value is -1.13. The number of hydrogen-bond acceptors (Lipinski definition) is 4. The van der Waals surface area contributed by atoms with E-state index in [9.17, 15) is 0 Å². The molecule has 17 heavy (non-hydrogen) atoms. The van der Waals surface area contributed by atoms with E-state index in [-0.39, 0.29) is 0 Å². The summed E-state index contributed by atoms with van der Waals surface area (Å²) in [5, 5.41) is 10.3. The number of rotatable bonds is 3. The van der Waals surface area contributed by atoms with E-state index in [0.29, 0.717) is 5.88 Å². The van der Waals surface area contributed by atoms with Crippen LogP contribution in [0.1, 0.15) is 10.6 Å². The molecule has 1 aliphatic heterocycles. The van der Waals surface area contributed by atoms with Crippen molar-refractivity contribution in [3.63, 3.8) is 0 Å². The van der Waals surface area contributed by atoms with Crippen molar-refractivity contribution >= 4 is 22.9 Å². The van der Waals surface area contributed by atoms with Gasteiger partial charge in [-0.25, -0.2) is 0 Å². The van der Waals surface area contributed by atoms with Gasteiger partial charge in [0.15, 0.2) is 0 Å². The third-order valence-electron chi connectivity index (χ3n) is 2.71. The fourth-order valence-electron chi connectivity index (χ4n) is 1.87. The molecule has 2 heterocycles. The van der Waals surface area contributed by atoms with Crippen LogP contribution in [0.25, 0.3) is 10.6 Å². The van der Waals surface area contributed by atoms with Crippen LogP contribution in [0, 0.1) is 0 Å². The van der Waals surface area contributed by atoms with Crippen molar-refractivity contribution in [3.05, 3.63) is 28.8 Å². The van der Waals surface area contributed by atoms with Crippen LogP contribution in [-0.2, 0) is 12.8 Å².